The number of likely N-dealkylation sites (N-methyl/N-ethyl adjacent to an activating group) is 1. The number of carbonyl (C=O) groups is 3. The van der Waals surface area contributed by atoms with Crippen molar-refractivity contribution < 1.29 is 29.3 Å². The molecule has 0 bridgehead atoms. The number of rotatable bonds is 6. The number of carboxylic acid groups (broad SMARTS) is 2. The van der Waals surface area contributed by atoms with Crippen molar-refractivity contribution in [2.45, 2.75) is 57.5 Å². The molecule has 5 rings (SSSR count). The molecule has 8 nitrogen and oxygen atoms in total. The summed E-state index contributed by atoms with van der Waals surface area (Å²) in [6, 6.07) is 7.68. The molecule has 1 fully saturated rings. The molecule has 2 aromatic rings. The lowest BCUT2D eigenvalue weighted by Gasteiger charge is -2.41. The van der Waals surface area contributed by atoms with Crippen LogP contribution in [0.25, 0.3) is 10.9 Å². The van der Waals surface area contributed by atoms with Gasteiger partial charge in [0, 0.05) is 53.8 Å². The highest BCUT2D eigenvalue weighted by atomic mass is 16.5. The van der Waals surface area contributed by atoms with Crippen molar-refractivity contribution >= 4 is 28.8 Å². The lowest BCUT2D eigenvalue weighted by Crippen LogP contribution is -2.44. The number of fused-ring (bicyclic) bond motifs is 2. The highest BCUT2D eigenvalue weighted by Gasteiger charge is 2.36. The van der Waals surface area contributed by atoms with E-state index in [1.54, 1.807) is 0 Å². The number of nitrogens with zero attached hydrogens (tertiary/aromatic N) is 2. The van der Waals surface area contributed by atoms with Gasteiger partial charge >= 0.3 is 17.9 Å². The quantitative estimate of drug-likeness (QED) is 0.353. The first kappa shape index (κ1) is 25.7. The summed E-state index contributed by atoms with van der Waals surface area (Å²) >= 11 is 0. The molecule has 1 aliphatic heterocycles. The second kappa shape index (κ2) is 10.7. The van der Waals surface area contributed by atoms with Gasteiger partial charge in [-0.1, -0.05) is 24.6 Å². The summed E-state index contributed by atoms with van der Waals surface area (Å²) in [5.74, 6) is -1.99. The highest BCUT2D eigenvalue weighted by Crippen LogP contribution is 2.43. The molecule has 0 radical (unpaired) electrons. The molecule has 2 atom stereocenters. The highest BCUT2D eigenvalue weighted by molar-refractivity contribution is 5.90. The van der Waals surface area contributed by atoms with Crippen molar-refractivity contribution in [2.75, 3.05) is 20.2 Å². The first-order chi connectivity index (χ1) is 17.2. The SMILES string of the molecule is CC(C)n1cc2c3c(cccc31)[C@H]1C=C(COC(=O)C3CCC3)CN(C)[C@@H]1C2.O=C(O)/C=C\C(=O)O. The van der Waals surface area contributed by atoms with Gasteiger partial charge in [-0.2, -0.15) is 0 Å². The third-order valence-corrected chi connectivity index (χ3v) is 7.37. The van der Waals surface area contributed by atoms with Crippen LogP contribution in [0.15, 0.2) is 48.2 Å². The summed E-state index contributed by atoms with van der Waals surface area (Å²) in [5.41, 5.74) is 5.49. The summed E-state index contributed by atoms with van der Waals surface area (Å²) in [5, 5.41) is 17.1. The first-order valence-corrected chi connectivity index (χ1v) is 12.5. The molecule has 36 heavy (non-hydrogen) atoms. The van der Waals surface area contributed by atoms with Gasteiger partial charge in [0.05, 0.1) is 5.92 Å². The molecule has 2 heterocycles. The van der Waals surface area contributed by atoms with Gasteiger partial charge in [0.1, 0.15) is 6.61 Å². The molecule has 0 saturated heterocycles. The Balaban J connectivity index is 0.000000331. The van der Waals surface area contributed by atoms with E-state index in [1.807, 2.05) is 0 Å². The molecule has 8 heteroatoms. The van der Waals surface area contributed by atoms with Crippen LogP contribution in [0.1, 0.15) is 56.2 Å². The Kier molecular flexibility index (Phi) is 7.64. The normalized spacial score (nSPS) is 21.4. The second-order valence-electron chi connectivity index (χ2n) is 10.2. The molecule has 0 unspecified atom stereocenters. The minimum atomic E-state index is -1.26. The smallest absolute Gasteiger partial charge is 0.328 e. The topological polar surface area (TPSA) is 109 Å². The molecule has 1 aromatic carbocycles. The van der Waals surface area contributed by atoms with E-state index in [0.29, 0.717) is 36.8 Å². The summed E-state index contributed by atoms with van der Waals surface area (Å²) in [6.07, 6.45) is 10.1. The van der Waals surface area contributed by atoms with E-state index < -0.39 is 11.9 Å². The largest absolute Gasteiger partial charge is 0.478 e. The van der Waals surface area contributed by atoms with E-state index in [-0.39, 0.29) is 11.9 Å². The van der Waals surface area contributed by atoms with Crippen LogP contribution < -0.4 is 0 Å². The van der Waals surface area contributed by atoms with Crippen LogP contribution in [0.5, 0.6) is 0 Å². The number of carbonyl (C=O) groups excluding carboxylic acids is 1. The van der Waals surface area contributed by atoms with Crippen molar-refractivity contribution in [1.29, 1.82) is 0 Å². The van der Waals surface area contributed by atoms with Gasteiger partial charge in [0.15, 0.2) is 0 Å². The first-order valence-electron chi connectivity index (χ1n) is 12.5. The van der Waals surface area contributed by atoms with E-state index >= 15 is 0 Å². The molecule has 1 aromatic heterocycles. The van der Waals surface area contributed by atoms with Crippen molar-refractivity contribution in [3.8, 4) is 0 Å². The molecular weight excluding hydrogens is 460 g/mol. The predicted molar refractivity (Wildman–Crippen MR) is 136 cm³/mol. The Morgan fingerprint density at radius 2 is 1.83 bits per heavy atom. The van der Waals surface area contributed by atoms with Crippen molar-refractivity contribution in [1.82, 2.24) is 9.47 Å². The molecule has 0 amide bonds. The average Bonchev–Trinajstić information content (AvgIpc) is 3.16. The number of ether oxygens (including phenoxy) is 1. The van der Waals surface area contributed by atoms with Gasteiger partial charge in [-0.15, -0.1) is 0 Å². The predicted octanol–water partition coefficient (Wildman–Crippen LogP) is 4.16. The number of hydrogen-bond donors (Lipinski definition) is 2. The molecule has 192 valence electrons. The summed E-state index contributed by atoms with van der Waals surface area (Å²) in [6.45, 7) is 5.83. The molecule has 0 spiro atoms. The fourth-order valence-corrected chi connectivity index (χ4v) is 5.38. The molecule has 1 saturated carbocycles. The van der Waals surface area contributed by atoms with Gasteiger partial charge in [-0.05, 0) is 62.9 Å². The van der Waals surface area contributed by atoms with E-state index in [4.69, 9.17) is 14.9 Å². The van der Waals surface area contributed by atoms with Crippen LogP contribution in [0.4, 0.5) is 0 Å². The summed E-state index contributed by atoms with van der Waals surface area (Å²) in [4.78, 5) is 33.7. The zero-order valence-electron chi connectivity index (χ0n) is 21.0. The average molecular weight is 495 g/mol. The number of benzene rings is 1. The van der Waals surface area contributed by atoms with Crippen molar-refractivity contribution in [3.05, 3.63) is 59.3 Å². The molecule has 3 aliphatic rings. The lowest BCUT2D eigenvalue weighted by atomic mass is 9.77. The Labute approximate surface area is 210 Å². The van der Waals surface area contributed by atoms with Crippen LogP contribution >= 0.6 is 0 Å². The fraction of sp³-hybridized carbons (Fsp3) is 0.464. The lowest BCUT2D eigenvalue weighted by molar-refractivity contribution is -0.150. The Morgan fingerprint density at radius 1 is 1.14 bits per heavy atom. The standard InChI is InChI=1S/C24H30N2O2.C4H4O4/c1-15(2)26-13-18-11-22-20(19-8-5-9-21(26)23(18)19)10-16(12-25(22)3)14-28-24(27)17-6-4-7-17;5-3(6)1-2-4(7)8/h5,8-10,13,15,17,20,22H,4,6-7,11-12,14H2,1-3H3;1-2H,(H,5,6)(H,7,8)/b;2-1-/t20-,22-;/m1./s1. The van der Waals surface area contributed by atoms with Gasteiger partial charge in [-0.3, -0.25) is 9.69 Å². The molecular formula is C28H34N2O6. The van der Waals surface area contributed by atoms with Gasteiger partial charge < -0.3 is 19.5 Å². The maximum absolute atomic E-state index is 12.2. The molecule has 2 N–H and O–H groups in total. The minimum Gasteiger partial charge on any atom is -0.478 e. The zero-order chi connectivity index (χ0) is 26.0. The zero-order valence-corrected chi connectivity index (χ0v) is 21.0. The monoisotopic (exact) mass is 494 g/mol. The Morgan fingerprint density at radius 3 is 2.42 bits per heavy atom. The minimum absolute atomic E-state index is 0.000955. The van der Waals surface area contributed by atoms with Crippen molar-refractivity contribution in [3.63, 3.8) is 0 Å². The third-order valence-electron chi connectivity index (χ3n) is 7.37. The van der Waals surface area contributed by atoms with Gasteiger partial charge in [-0.25, -0.2) is 9.59 Å². The van der Waals surface area contributed by atoms with E-state index in [1.165, 1.54) is 27.6 Å². The van der Waals surface area contributed by atoms with E-state index in [9.17, 15) is 14.4 Å². The maximum atomic E-state index is 12.2. The maximum Gasteiger partial charge on any atom is 0.328 e. The summed E-state index contributed by atoms with van der Waals surface area (Å²) in [7, 11) is 2.21. The van der Waals surface area contributed by atoms with Gasteiger partial charge in [0.25, 0.3) is 0 Å². The fourth-order valence-electron chi connectivity index (χ4n) is 5.38. The number of hydrogen-bond acceptors (Lipinski definition) is 5. The Bertz CT molecular complexity index is 1200. The van der Waals surface area contributed by atoms with Crippen molar-refractivity contribution in [2.24, 2.45) is 5.92 Å². The number of esters is 1. The second-order valence-corrected chi connectivity index (χ2v) is 10.2. The van der Waals surface area contributed by atoms with Crippen LogP contribution in [0.3, 0.4) is 0 Å². The van der Waals surface area contributed by atoms with Crippen LogP contribution in [-0.2, 0) is 25.5 Å². The van der Waals surface area contributed by atoms with E-state index in [2.05, 4.69) is 60.8 Å². The van der Waals surface area contributed by atoms with Crippen LogP contribution in [0.2, 0.25) is 0 Å². The Hall–Kier alpha value is -3.39. The van der Waals surface area contributed by atoms with Crippen LogP contribution in [0, 0.1) is 5.92 Å². The van der Waals surface area contributed by atoms with Gasteiger partial charge in [0.2, 0.25) is 0 Å². The number of carboxylic acids is 2. The number of aromatic nitrogens is 1. The third kappa shape index (κ3) is 5.38. The summed E-state index contributed by atoms with van der Waals surface area (Å²) < 4.78 is 8.07. The number of aliphatic carboxylic acids is 2. The van der Waals surface area contributed by atoms with Crippen LogP contribution in [-0.4, -0.2) is 63.8 Å². The van der Waals surface area contributed by atoms with E-state index in [0.717, 1.165) is 32.2 Å². The molecule has 2 aliphatic carbocycles.